The number of aromatic nitrogens is 3. The number of nitrogens with zero attached hydrogens (tertiary/aromatic N) is 4. The minimum absolute atomic E-state index is 0.0510. The lowest BCUT2D eigenvalue weighted by molar-refractivity contribution is 0.0828. The van der Waals surface area contributed by atoms with Crippen LogP contribution < -0.4 is 10.1 Å². The van der Waals surface area contributed by atoms with Crippen LogP contribution in [0, 0.1) is 23.1 Å². The molecule has 2 N–H and O–H groups in total. The molecule has 1 saturated carbocycles. The first-order valence-corrected chi connectivity index (χ1v) is 13.1. The van der Waals surface area contributed by atoms with E-state index in [4.69, 9.17) is 10.00 Å². The smallest absolute Gasteiger partial charge is 0.255 e. The number of rotatable bonds is 8. The number of nitrogens with one attached hydrogen (secondary N) is 2. The van der Waals surface area contributed by atoms with Crippen molar-refractivity contribution in [3.8, 4) is 34.2 Å². The van der Waals surface area contributed by atoms with Gasteiger partial charge in [-0.1, -0.05) is 12.1 Å². The molecule has 9 heteroatoms. The van der Waals surface area contributed by atoms with Crippen LogP contribution in [0.2, 0.25) is 0 Å². The van der Waals surface area contributed by atoms with Crippen LogP contribution in [-0.2, 0) is 0 Å². The minimum atomic E-state index is -0.490. The summed E-state index contributed by atoms with van der Waals surface area (Å²) in [6.07, 6.45) is 5.72. The van der Waals surface area contributed by atoms with Gasteiger partial charge in [0.1, 0.15) is 11.6 Å². The third-order valence-corrected chi connectivity index (χ3v) is 7.40. The van der Waals surface area contributed by atoms with Crippen LogP contribution in [-0.4, -0.2) is 53.2 Å². The van der Waals surface area contributed by atoms with Crippen molar-refractivity contribution in [2.45, 2.75) is 38.1 Å². The lowest BCUT2D eigenvalue weighted by Crippen LogP contribution is -2.25. The number of para-hydroxylation sites is 1. The zero-order valence-corrected chi connectivity index (χ0v) is 22.3. The number of anilines is 1. The van der Waals surface area contributed by atoms with E-state index >= 15 is 4.39 Å². The Morgan fingerprint density at radius 1 is 1.23 bits per heavy atom. The van der Waals surface area contributed by atoms with Gasteiger partial charge in [0.15, 0.2) is 5.65 Å². The molecule has 2 heterocycles. The summed E-state index contributed by atoms with van der Waals surface area (Å²) in [4.78, 5) is 19.1. The van der Waals surface area contributed by atoms with Gasteiger partial charge in [-0.05, 0) is 67.5 Å². The third-order valence-electron chi connectivity index (χ3n) is 7.40. The van der Waals surface area contributed by atoms with Crippen molar-refractivity contribution in [1.29, 1.82) is 5.26 Å². The molecule has 0 aliphatic heterocycles. The van der Waals surface area contributed by atoms with Crippen molar-refractivity contribution in [3.05, 3.63) is 60.0 Å². The molecule has 1 fully saturated rings. The maximum atomic E-state index is 15.7. The van der Waals surface area contributed by atoms with Crippen LogP contribution in [0.1, 0.15) is 42.5 Å². The Balaban J connectivity index is 1.53. The molecule has 1 amide bonds. The fourth-order valence-corrected chi connectivity index (χ4v) is 5.38. The van der Waals surface area contributed by atoms with Crippen LogP contribution in [0.15, 0.2) is 48.7 Å². The Bertz CT molecular complexity index is 1560. The van der Waals surface area contributed by atoms with E-state index in [1.807, 2.05) is 30.3 Å². The average molecular weight is 527 g/mol. The van der Waals surface area contributed by atoms with Gasteiger partial charge in [-0.2, -0.15) is 10.4 Å². The SMILES string of the molecule is COc1ccccc1-c1[nH]nc2ncc(-c3cc(F)c(N[C@@H]4CCC(CCC#N)C4)c(C(=O)N(C)C)c3)cc12. The van der Waals surface area contributed by atoms with Crippen LogP contribution in [0.25, 0.3) is 33.4 Å². The summed E-state index contributed by atoms with van der Waals surface area (Å²) in [6, 6.07) is 14.9. The van der Waals surface area contributed by atoms with Gasteiger partial charge in [-0.3, -0.25) is 9.89 Å². The predicted octanol–water partition coefficient (Wildman–Crippen LogP) is 6.03. The van der Waals surface area contributed by atoms with Gasteiger partial charge in [0.25, 0.3) is 5.91 Å². The van der Waals surface area contributed by atoms with Gasteiger partial charge in [-0.25, -0.2) is 9.37 Å². The number of amides is 1. The zero-order valence-electron chi connectivity index (χ0n) is 22.3. The first kappa shape index (κ1) is 26.2. The Hall–Kier alpha value is -4.45. The Morgan fingerprint density at radius 3 is 2.82 bits per heavy atom. The summed E-state index contributed by atoms with van der Waals surface area (Å²) in [5.74, 6) is 0.345. The molecule has 39 heavy (non-hydrogen) atoms. The van der Waals surface area contributed by atoms with Gasteiger partial charge in [-0.15, -0.1) is 0 Å². The highest BCUT2D eigenvalue weighted by atomic mass is 19.1. The first-order valence-electron chi connectivity index (χ1n) is 13.1. The van der Waals surface area contributed by atoms with Crippen molar-refractivity contribution < 1.29 is 13.9 Å². The van der Waals surface area contributed by atoms with Crippen molar-refractivity contribution in [2.24, 2.45) is 5.92 Å². The molecule has 8 nitrogen and oxygen atoms in total. The molecule has 2 aromatic carbocycles. The highest BCUT2D eigenvalue weighted by Gasteiger charge is 2.28. The number of pyridine rings is 1. The second-order valence-corrected chi connectivity index (χ2v) is 10.2. The van der Waals surface area contributed by atoms with E-state index in [0.29, 0.717) is 34.9 Å². The normalized spacial score (nSPS) is 16.7. The topological polar surface area (TPSA) is 107 Å². The van der Waals surface area contributed by atoms with Gasteiger partial charge in [0.05, 0.1) is 30.1 Å². The van der Waals surface area contributed by atoms with E-state index in [1.54, 1.807) is 33.5 Å². The van der Waals surface area contributed by atoms with E-state index in [9.17, 15) is 4.79 Å². The summed E-state index contributed by atoms with van der Waals surface area (Å²) < 4.78 is 21.3. The molecule has 200 valence electrons. The summed E-state index contributed by atoms with van der Waals surface area (Å²) in [5.41, 5.74) is 3.80. The van der Waals surface area contributed by atoms with Gasteiger partial charge >= 0.3 is 0 Å². The van der Waals surface area contributed by atoms with Crippen molar-refractivity contribution in [1.82, 2.24) is 20.1 Å². The molecule has 5 rings (SSSR count). The number of hydrogen-bond donors (Lipinski definition) is 2. The fourth-order valence-electron chi connectivity index (χ4n) is 5.38. The summed E-state index contributed by atoms with van der Waals surface area (Å²) in [7, 11) is 4.92. The number of carbonyl (C=O) groups is 1. The number of fused-ring (bicyclic) bond motifs is 1. The van der Waals surface area contributed by atoms with Gasteiger partial charge < -0.3 is 15.0 Å². The lowest BCUT2D eigenvalue weighted by Gasteiger charge is -2.21. The van der Waals surface area contributed by atoms with Crippen LogP contribution in [0.4, 0.5) is 10.1 Å². The monoisotopic (exact) mass is 526 g/mol. The number of benzene rings is 2. The molecular formula is C30H31FN6O2. The van der Waals surface area contributed by atoms with Gasteiger partial charge in [0, 0.05) is 49.3 Å². The molecule has 1 aliphatic carbocycles. The highest BCUT2D eigenvalue weighted by molar-refractivity contribution is 6.01. The molecule has 0 spiro atoms. The Kier molecular flexibility index (Phi) is 7.46. The molecule has 2 atom stereocenters. The van der Waals surface area contributed by atoms with Crippen molar-refractivity contribution in [3.63, 3.8) is 0 Å². The van der Waals surface area contributed by atoms with Crippen LogP contribution in [0.3, 0.4) is 0 Å². The molecule has 1 aliphatic rings. The molecule has 0 bridgehead atoms. The molecule has 1 unspecified atom stereocenters. The quantitative estimate of drug-likeness (QED) is 0.291. The van der Waals surface area contributed by atoms with E-state index < -0.39 is 5.82 Å². The van der Waals surface area contributed by atoms with Crippen LogP contribution >= 0.6 is 0 Å². The molecule has 0 saturated heterocycles. The van der Waals surface area contributed by atoms with Crippen LogP contribution in [0.5, 0.6) is 5.75 Å². The maximum Gasteiger partial charge on any atom is 0.255 e. The fraction of sp³-hybridized carbons (Fsp3) is 0.333. The molecule has 4 aromatic rings. The van der Waals surface area contributed by atoms with E-state index in [2.05, 4.69) is 26.6 Å². The summed E-state index contributed by atoms with van der Waals surface area (Å²) in [5, 5.41) is 20.4. The second-order valence-electron chi connectivity index (χ2n) is 10.2. The predicted molar refractivity (Wildman–Crippen MR) is 149 cm³/mol. The number of nitriles is 1. The number of aromatic amines is 1. The Morgan fingerprint density at radius 2 is 2.05 bits per heavy atom. The van der Waals surface area contributed by atoms with E-state index in [-0.39, 0.29) is 23.2 Å². The lowest BCUT2D eigenvalue weighted by atomic mass is 9.99. The number of hydrogen-bond acceptors (Lipinski definition) is 6. The van der Waals surface area contributed by atoms with Crippen molar-refractivity contribution >= 4 is 22.6 Å². The number of methoxy groups -OCH3 is 1. The first-order chi connectivity index (χ1) is 18.9. The standard InChI is InChI=1S/C30H31FN6O2/c1-37(2)30(38)24-14-19(16-25(31)28(24)34-21-11-10-18(13-21)7-6-12-32)20-15-23-27(35-36-29(23)33-17-20)22-8-4-5-9-26(22)39-3/h4-5,8-9,14-18,21,34H,6-7,10-11,13H2,1-3H3,(H,33,35,36)/t18?,21-/m1/s1. The minimum Gasteiger partial charge on any atom is -0.496 e. The highest BCUT2D eigenvalue weighted by Crippen LogP contribution is 2.37. The summed E-state index contributed by atoms with van der Waals surface area (Å²) in [6.45, 7) is 0. The number of ether oxygens (including phenoxy) is 1. The Labute approximate surface area is 226 Å². The third kappa shape index (κ3) is 5.28. The number of H-pyrrole nitrogens is 1. The summed E-state index contributed by atoms with van der Waals surface area (Å²) >= 11 is 0. The average Bonchev–Trinajstić information content (AvgIpc) is 3.58. The van der Waals surface area contributed by atoms with E-state index in [1.165, 1.54) is 11.0 Å². The molecule has 2 aromatic heterocycles. The van der Waals surface area contributed by atoms with Gasteiger partial charge in [0.2, 0.25) is 0 Å². The second kappa shape index (κ2) is 11.1. The number of carbonyl (C=O) groups excluding carboxylic acids is 1. The molecule has 0 radical (unpaired) electrons. The van der Waals surface area contributed by atoms with E-state index in [0.717, 1.165) is 42.3 Å². The largest absolute Gasteiger partial charge is 0.496 e. The van der Waals surface area contributed by atoms with Crippen molar-refractivity contribution in [2.75, 3.05) is 26.5 Å². The molecular weight excluding hydrogens is 495 g/mol. The maximum absolute atomic E-state index is 15.7. The zero-order chi connectivity index (χ0) is 27.5. The number of halogens is 1.